The standard InChI is InChI=1S/C19H9Cl2NO2/c20-12-5-6-13(15(21)9-12)14-2-1-3-17-19(14)24-18-8-11(10-22)4-7-16(18)23-17/h1-9H. The third-order valence-electron chi connectivity index (χ3n) is 3.70. The number of nitrogens with zero attached hydrogens (tertiary/aromatic N) is 1. The van der Waals surface area contributed by atoms with Gasteiger partial charge in [-0.05, 0) is 30.3 Å². The summed E-state index contributed by atoms with van der Waals surface area (Å²) in [5.41, 5.74) is 2.09. The van der Waals surface area contributed by atoms with E-state index in [9.17, 15) is 0 Å². The van der Waals surface area contributed by atoms with E-state index in [0.29, 0.717) is 38.6 Å². The zero-order chi connectivity index (χ0) is 16.7. The van der Waals surface area contributed by atoms with Crippen LogP contribution in [0.5, 0.6) is 23.0 Å². The minimum Gasteiger partial charge on any atom is -0.449 e. The highest BCUT2D eigenvalue weighted by atomic mass is 35.5. The highest BCUT2D eigenvalue weighted by molar-refractivity contribution is 6.36. The first-order valence-electron chi connectivity index (χ1n) is 7.14. The molecule has 1 aliphatic heterocycles. The average Bonchev–Trinajstić information content (AvgIpc) is 2.59. The summed E-state index contributed by atoms with van der Waals surface area (Å²) < 4.78 is 11.9. The number of ether oxygens (including phenoxy) is 2. The third-order valence-corrected chi connectivity index (χ3v) is 4.25. The van der Waals surface area contributed by atoms with Crippen molar-refractivity contribution in [2.24, 2.45) is 0 Å². The maximum Gasteiger partial charge on any atom is 0.178 e. The Balaban J connectivity index is 1.86. The van der Waals surface area contributed by atoms with Crippen LogP contribution in [0.1, 0.15) is 5.56 Å². The lowest BCUT2D eigenvalue weighted by Gasteiger charge is -2.23. The second-order valence-corrected chi connectivity index (χ2v) is 6.08. The maximum atomic E-state index is 9.05. The number of halogens is 2. The minimum atomic E-state index is 0.499. The Morgan fingerprint density at radius 1 is 0.792 bits per heavy atom. The highest BCUT2D eigenvalue weighted by Gasteiger charge is 2.23. The fourth-order valence-electron chi connectivity index (χ4n) is 2.59. The first-order valence-corrected chi connectivity index (χ1v) is 7.89. The molecule has 0 saturated carbocycles. The first-order chi connectivity index (χ1) is 11.7. The van der Waals surface area contributed by atoms with Crippen LogP contribution in [0, 0.1) is 11.3 Å². The van der Waals surface area contributed by atoms with E-state index >= 15 is 0 Å². The Morgan fingerprint density at radius 3 is 2.46 bits per heavy atom. The van der Waals surface area contributed by atoms with Crippen LogP contribution in [0.3, 0.4) is 0 Å². The lowest BCUT2D eigenvalue weighted by molar-refractivity contribution is 0.360. The van der Waals surface area contributed by atoms with Crippen LogP contribution in [0.4, 0.5) is 0 Å². The fourth-order valence-corrected chi connectivity index (χ4v) is 3.10. The molecule has 116 valence electrons. The van der Waals surface area contributed by atoms with Crippen molar-refractivity contribution < 1.29 is 9.47 Å². The van der Waals surface area contributed by atoms with E-state index in [-0.39, 0.29) is 0 Å². The summed E-state index contributed by atoms with van der Waals surface area (Å²) in [4.78, 5) is 0. The van der Waals surface area contributed by atoms with Gasteiger partial charge in [0, 0.05) is 22.2 Å². The van der Waals surface area contributed by atoms with Gasteiger partial charge < -0.3 is 9.47 Å². The van der Waals surface area contributed by atoms with Crippen LogP contribution in [-0.4, -0.2) is 0 Å². The van der Waals surface area contributed by atoms with Gasteiger partial charge >= 0.3 is 0 Å². The molecule has 3 aromatic carbocycles. The maximum absolute atomic E-state index is 9.05. The van der Waals surface area contributed by atoms with Gasteiger partial charge in [0.05, 0.1) is 16.7 Å². The molecule has 0 spiro atoms. The fraction of sp³-hybridized carbons (Fsp3) is 0. The summed E-state index contributed by atoms with van der Waals surface area (Å²) in [7, 11) is 0. The van der Waals surface area contributed by atoms with Gasteiger partial charge in [0.25, 0.3) is 0 Å². The van der Waals surface area contributed by atoms with Gasteiger partial charge in [-0.1, -0.05) is 41.4 Å². The number of hydrogen-bond donors (Lipinski definition) is 0. The molecule has 5 heteroatoms. The van der Waals surface area contributed by atoms with E-state index in [1.54, 1.807) is 30.3 Å². The number of rotatable bonds is 1. The molecule has 3 nitrogen and oxygen atoms in total. The van der Waals surface area contributed by atoms with Crippen molar-refractivity contribution in [1.82, 2.24) is 0 Å². The Kier molecular flexibility index (Phi) is 3.57. The number of para-hydroxylation sites is 1. The van der Waals surface area contributed by atoms with Gasteiger partial charge in [-0.25, -0.2) is 0 Å². The molecule has 3 aromatic rings. The summed E-state index contributed by atoms with van der Waals surface area (Å²) in [6.07, 6.45) is 0. The van der Waals surface area contributed by atoms with Crippen molar-refractivity contribution in [3.63, 3.8) is 0 Å². The molecule has 0 unspecified atom stereocenters. The van der Waals surface area contributed by atoms with Crippen molar-refractivity contribution in [3.8, 4) is 40.2 Å². The molecule has 0 N–H and O–H groups in total. The highest BCUT2D eigenvalue weighted by Crippen LogP contribution is 2.50. The molecule has 0 atom stereocenters. The lowest BCUT2D eigenvalue weighted by atomic mass is 10.0. The van der Waals surface area contributed by atoms with E-state index in [0.717, 1.165) is 11.1 Å². The molecule has 0 radical (unpaired) electrons. The smallest absolute Gasteiger partial charge is 0.178 e. The number of nitriles is 1. The lowest BCUT2D eigenvalue weighted by Crippen LogP contribution is -2.01. The molecule has 4 rings (SSSR count). The minimum absolute atomic E-state index is 0.499. The second-order valence-electron chi connectivity index (χ2n) is 5.23. The van der Waals surface area contributed by atoms with Crippen molar-refractivity contribution in [2.75, 3.05) is 0 Å². The van der Waals surface area contributed by atoms with Gasteiger partial charge in [0.15, 0.2) is 23.0 Å². The molecular formula is C19H9Cl2NO2. The van der Waals surface area contributed by atoms with Crippen LogP contribution >= 0.6 is 23.2 Å². The van der Waals surface area contributed by atoms with Gasteiger partial charge in [0.1, 0.15) is 0 Å². The van der Waals surface area contributed by atoms with Crippen LogP contribution in [0.25, 0.3) is 11.1 Å². The van der Waals surface area contributed by atoms with Crippen LogP contribution < -0.4 is 9.47 Å². The largest absolute Gasteiger partial charge is 0.449 e. The molecule has 0 bridgehead atoms. The van der Waals surface area contributed by atoms with E-state index in [1.807, 2.05) is 24.3 Å². The van der Waals surface area contributed by atoms with Gasteiger partial charge in [-0.3, -0.25) is 0 Å². The predicted octanol–water partition coefficient (Wildman–Crippen LogP) is 6.43. The summed E-state index contributed by atoms with van der Waals surface area (Å²) in [6.45, 7) is 0. The molecule has 0 amide bonds. The average molecular weight is 354 g/mol. The number of benzene rings is 3. The van der Waals surface area contributed by atoms with Crippen molar-refractivity contribution in [1.29, 1.82) is 5.26 Å². The second kappa shape index (κ2) is 5.76. The normalized spacial score (nSPS) is 11.5. The molecule has 0 saturated heterocycles. The number of fused-ring (bicyclic) bond motifs is 2. The summed E-state index contributed by atoms with van der Waals surface area (Å²) >= 11 is 12.3. The first kappa shape index (κ1) is 14.9. The summed E-state index contributed by atoms with van der Waals surface area (Å²) in [5, 5.41) is 10.1. The Labute approximate surface area is 148 Å². The van der Waals surface area contributed by atoms with Crippen LogP contribution in [0.2, 0.25) is 10.0 Å². The molecule has 0 aromatic heterocycles. The van der Waals surface area contributed by atoms with Crippen molar-refractivity contribution >= 4 is 23.2 Å². The molecule has 0 fully saturated rings. The summed E-state index contributed by atoms with van der Waals surface area (Å²) in [6, 6.07) is 18.0. The Bertz CT molecular complexity index is 1010. The Hall–Kier alpha value is -2.67. The SMILES string of the molecule is N#Cc1ccc2c(c1)Oc1c(cccc1-c1ccc(Cl)cc1Cl)O2. The van der Waals surface area contributed by atoms with Crippen LogP contribution in [-0.2, 0) is 0 Å². The number of hydrogen-bond acceptors (Lipinski definition) is 3. The zero-order valence-corrected chi connectivity index (χ0v) is 13.7. The van der Waals surface area contributed by atoms with E-state index < -0.39 is 0 Å². The predicted molar refractivity (Wildman–Crippen MR) is 93.2 cm³/mol. The summed E-state index contributed by atoms with van der Waals surface area (Å²) in [5.74, 6) is 2.22. The topological polar surface area (TPSA) is 42.2 Å². The molecule has 1 heterocycles. The van der Waals surface area contributed by atoms with Crippen molar-refractivity contribution in [2.45, 2.75) is 0 Å². The molecular weight excluding hydrogens is 345 g/mol. The molecule has 24 heavy (non-hydrogen) atoms. The third kappa shape index (κ3) is 2.46. The quantitative estimate of drug-likeness (QED) is 0.395. The molecule has 1 aliphatic rings. The zero-order valence-electron chi connectivity index (χ0n) is 12.2. The van der Waals surface area contributed by atoms with E-state index in [1.165, 1.54) is 0 Å². The van der Waals surface area contributed by atoms with Gasteiger partial charge in [-0.15, -0.1) is 0 Å². The van der Waals surface area contributed by atoms with Crippen molar-refractivity contribution in [3.05, 3.63) is 70.2 Å². The Morgan fingerprint density at radius 2 is 1.67 bits per heavy atom. The van der Waals surface area contributed by atoms with E-state index in [4.69, 9.17) is 37.9 Å². The van der Waals surface area contributed by atoms with Gasteiger partial charge in [-0.2, -0.15) is 5.26 Å². The molecule has 0 aliphatic carbocycles. The van der Waals surface area contributed by atoms with Gasteiger partial charge in [0.2, 0.25) is 0 Å². The van der Waals surface area contributed by atoms with Crippen LogP contribution in [0.15, 0.2) is 54.6 Å². The van der Waals surface area contributed by atoms with E-state index in [2.05, 4.69) is 6.07 Å². The monoisotopic (exact) mass is 353 g/mol.